The maximum Gasteiger partial charge on any atom is 0.230 e. The number of benzene rings is 2. The highest BCUT2D eigenvalue weighted by molar-refractivity contribution is 6.30. The van der Waals surface area contributed by atoms with Gasteiger partial charge in [-0.2, -0.15) is 0 Å². The first kappa shape index (κ1) is 13.6. The van der Waals surface area contributed by atoms with Crippen molar-refractivity contribution in [3.63, 3.8) is 0 Å². The van der Waals surface area contributed by atoms with Gasteiger partial charge < -0.3 is 10.3 Å². The highest BCUT2D eigenvalue weighted by Gasteiger charge is 2.20. The smallest absolute Gasteiger partial charge is 0.230 e. The third kappa shape index (κ3) is 2.48. The van der Waals surface area contributed by atoms with Crippen LogP contribution < -0.4 is 5.73 Å². The van der Waals surface area contributed by atoms with Gasteiger partial charge in [0.05, 0.1) is 5.56 Å². The first-order chi connectivity index (χ1) is 10.1. The average Bonchev–Trinajstić information content (AvgIpc) is 2.82. The van der Waals surface area contributed by atoms with Crippen molar-refractivity contribution in [1.82, 2.24) is 5.16 Å². The summed E-state index contributed by atoms with van der Waals surface area (Å²) in [5.41, 5.74) is 7.20. The molecule has 0 amide bonds. The first-order valence-corrected chi connectivity index (χ1v) is 6.40. The molecule has 2 aromatic carbocycles. The molecule has 1 aromatic heterocycles. The van der Waals surface area contributed by atoms with Crippen molar-refractivity contribution in [3.8, 4) is 22.4 Å². The van der Waals surface area contributed by atoms with E-state index in [1.165, 1.54) is 36.4 Å². The van der Waals surface area contributed by atoms with E-state index in [0.717, 1.165) is 0 Å². The van der Waals surface area contributed by atoms with Gasteiger partial charge in [0.1, 0.15) is 17.3 Å². The van der Waals surface area contributed by atoms with E-state index in [2.05, 4.69) is 5.16 Å². The quantitative estimate of drug-likeness (QED) is 0.757. The normalized spacial score (nSPS) is 10.8. The molecule has 2 N–H and O–H groups in total. The van der Waals surface area contributed by atoms with Crippen LogP contribution in [0.3, 0.4) is 0 Å². The lowest BCUT2D eigenvalue weighted by atomic mass is 10.0. The van der Waals surface area contributed by atoms with Gasteiger partial charge in [-0.3, -0.25) is 0 Å². The van der Waals surface area contributed by atoms with Crippen molar-refractivity contribution < 1.29 is 13.3 Å². The van der Waals surface area contributed by atoms with E-state index in [9.17, 15) is 8.78 Å². The van der Waals surface area contributed by atoms with Gasteiger partial charge in [0.2, 0.25) is 5.88 Å². The number of hydrogen-bond donors (Lipinski definition) is 1. The van der Waals surface area contributed by atoms with Crippen LogP contribution in [0.5, 0.6) is 0 Å². The van der Waals surface area contributed by atoms with Crippen molar-refractivity contribution in [3.05, 3.63) is 59.1 Å². The Morgan fingerprint density at radius 1 is 1.05 bits per heavy atom. The summed E-state index contributed by atoms with van der Waals surface area (Å²) in [7, 11) is 0. The first-order valence-electron chi connectivity index (χ1n) is 6.03. The molecule has 0 unspecified atom stereocenters. The van der Waals surface area contributed by atoms with Gasteiger partial charge in [0.15, 0.2) is 0 Å². The van der Waals surface area contributed by atoms with Crippen LogP contribution in [0.15, 0.2) is 47.0 Å². The molecule has 0 fully saturated rings. The van der Waals surface area contributed by atoms with Gasteiger partial charge >= 0.3 is 0 Å². The molecule has 106 valence electrons. The number of aromatic nitrogens is 1. The third-order valence-electron chi connectivity index (χ3n) is 3.04. The monoisotopic (exact) mass is 306 g/mol. The molecule has 0 spiro atoms. The molecule has 0 aliphatic carbocycles. The molecule has 0 aliphatic heterocycles. The zero-order valence-corrected chi connectivity index (χ0v) is 11.4. The summed E-state index contributed by atoms with van der Waals surface area (Å²) in [6.45, 7) is 0. The second-order valence-electron chi connectivity index (χ2n) is 4.40. The van der Waals surface area contributed by atoms with Crippen molar-refractivity contribution in [2.75, 3.05) is 5.73 Å². The number of rotatable bonds is 2. The highest BCUT2D eigenvalue weighted by Crippen LogP contribution is 2.37. The van der Waals surface area contributed by atoms with Crippen LogP contribution in [0.2, 0.25) is 5.02 Å². The molecule has 3 aromatic rings. The second kappa shape index (κ2) is 5.18. The van der Waals surface area contributed by atoms with Crippen molar-refractivity contribution in [2.24, 2.45) is 0 Å². The van der Waals surface area contributed by atoms with Gasteiger partial charge in [0, 0.05) is 10.6 Å². The summed E-state index contributed by atoms with van der Waals surface area (Å²) < 4.78 is 32.0. The summed E-state index contributed by atoms with van der Waals surface area (Å²) in [6.07, 6.45) is 0. The summed E-state index contributed by atoms with van der Waals surface area (Å²) in [6, 6.07) is 9.82. The van der Waals surface area contributed by atoms with Gasteiger partial charge in [-0.25, -0.2) is 8.78 Å². The van der Waals surface area contributed by atoms with E-state index in [4.69, 9.17) is 21.9 Å². The molecule has 3 rings (SSSR count). The lowest BCUT2D eigenvalue weighted by Gasteiger charge is -2.04. The standard InChI is InChI=1S/C15H9ClF2N2O/c16-9-3-6-11(12(18)7-9)14-13(15(19)21-20-14)8-1-4-10(17)5-2-8/h1-7H,19H2. The molecule has 0 atom stereocenters. The van der Waals surface area contributed by atoms with Crippen molar-refractivity contribution in [2.45, 2.75) is 0 Å². The predicted octanol–water partition coefficient (Wildman–Crippen LogP) is 4.52. The van der Waals surface area contributed by atoms with Crippen molar-refractivity contribution in [1.29, 1.82) is 0 Å². The van der Waals surface area contributed by atoms with Gasteiger partial charge in [0.25, 0.3) is 0 Å². The van der Waals surface area contributed by atoms with Crippen molar-refractivity contribution >= 4 is 17.5 Å². The lowest BCUT2D eigenvalue weighted by molar-refractivity contribution is 0.439. The predicted molar refractivity (Wildman–Crippen MR) is 76.7 cm³/mol. The van der Waals surface area contributed by atoms with E-state index in [1.54, 1.807) is 6.07 Å². The SMILES string of the molecule is Nc1onc(-c2ccc(Cl)cc2F)c1-c1ccc(F)cc1. The fourth-order valence-electron chi connectivity index (χ4n) is 2.06. The van der Waals surface area contributed by atoms with Gasteiger partial charge in [-0.1, -0.05) is 28.9 Å². The second-order valence-corrected chi connectivity index (χ2v) is 4.84. The Kier molecular flexibility index (Phi) is 3.35. The molecule has 0 radical (unpaired) electrons. The molecule has 21 heavy (non-hydrogen) atoms. The number of nitrogens with two attached hydrogens (primary N) is 1. The van der Waals surface area contributed by atoms with Crippen LogP contribution >= 0.6 is 11.6 Å². The number of nitrogen functional groups attached to an aromatic ring is 1. The van der Waals surface area contributed by atoms with Crippen LogP contribution in [-0.2, 0) is 0 Å². The third-order valence-corrected chi connectivity index (χ3v) is 3.27. The maximum atomic E-state index is 14.0. The van der Waals surface area contributed by atoms with Gasteiger partial charge in [-0.15, -0.1) is 0 Å². The van der Waals surface area contributed by atoms with E-state index >= 15 is 0 Å². The molecule has 3 nitrogen and oxygen atoms in total. The molecule has 0 bridgehead atoms. The Labute approximate surface area is 123 Å². The Morgan fingerprint density at radius 3 is 2.43 bits per heavy atom. The van der Waals surface area contributed by atoms with Crippen LogP contribution in [0.25, 0.3) is 22.4 Å². The van der Waals surface area contributed by atoms with Crippen LogP contribution in [-0.4, -0.2) is 5.16 Å². The molecule has 6 heteroatoms. The summed E-state index contributed by atoms with van der Waals surface area (Å²) >= 11 is 5.73. The Balaban J connectivity index is 2.19. The number of nitrogens with zero attached hydrogens (tertiary/aromatic N) is 1. The fraction of sp³-hybridized carbons (Fsp3) is 0. The van der Waals surface area contributed by atoms with E-state index in [0.29, 0.717) is 11.1 Å². The highest BCUT2D eigenvalue weighted by atomic mass is 35.5. The Hall–Kier alpha value is -2.40. The van der Waals surface area contributed by atoms with Gasteiger partial charge in [-0.05, 0) is 35.9 Å². The fourth-order valence-corrected chi connectivity index (χ4v) is 2.22. The number of hydrogen-bond acceptors (Lipinski definition) is 3. The largest absolute Gasteiger partial charge is 0.367 e. The molecule has 0 saturated heterocycles. The van der Waals surface area contributed by atoms with Crippen LogP contribution in [0.1, 0.15) is 0 Å². The average molecular weight is 307 g/mol. The molecular formula is C15H9ClF2N2O. The summed E-state index contributed by atoms with van der Waals surface area (Å²) in [4.78, 5) is 0. The van der Waals surface area contributed by atoms with E-state index < -0.39 is 5.82 Å². The zero-order valence-electron chi connectivity index (χ0n) is 10.6. The molecular weight excluding hydrogens is 298 g/mol. The van der Waals surface area contributed by atoms with E-state index in [-0.39, 0.29) is 28.0 Å². The Morgan fingerprint density at radius 2 is 1.76 bits per heavy atom. The lowest BCUT2D eigenvalue weighted by Crippen LogP contribution is -1.90. The van der Waals surface area contributed by atoms with Crippen LogP contribution in [0, 0.1) is 11.6 Å². The number of halogens is 3. The van der Waals surface area contributed by atoms with Crippen LogP contribution in [0.4, 0.5) is 14.7 Å². The minimum absolute atomic E-state index is 0.0333. The van der Waals surface area contributed by atoms with E-state index in [1.807, 2.05) is 0 Å². The minimum atomic E-state index is -0.542. The summed E-state index contributed by atoms with van der Waals surface area (Å²) in [5, 5.41) is 4.07. The Bertz CT molecular complexity index is 800. The molecule has 0 saturated carbocycles. The molecule has 0 aliphatic rings. The zero-order chi connectivity index (χ0) is 15.0. The number of anilines is 1. The summed E-state index contributed by atoms with van der Waals surface area (Å²) in [5.74, 6) is -0.891. The minimum Gasteiger partial charge on any atom is -0.367 e. The maximum absolute atomic E-state index is 14.0. The molecule has 1 heterocycles. The topological polar surface area (TPSA) is 52.0 Å².